The maximum atomic E-state index is 14.0. The highest BCUT2D eigenvalue weighted by Gasteiger charge is 2.35. The van der Waals surface area contributed by atoms with Crippen molar-refractivity contribution in [2.24, 2.45) is 0 Å². The van der Waals surface area contributed by atoms with Crippen molar-refractivity contribution in [1.82, 2.24) is 14.2 Å². The molecule has 4 aromatic rings. The molecule has 0 aliphatic carbocycles. The fourth-order valence-corrected chi connectivity index (χ4v) is 6.65. The molecule has 0 N–H and O–H groups in total. The average Bonchev–Trinajstić information content (AvgIpc) is 3.42. The Morgan fingerprint density at radius 2 is 1.81 bits per heavy atom. The number of rotatable bonds is 9. The second-order valence-electron chi connectivity index (χ2n) is 8.95. The molecule has 3 heterocycles. The first-order chi connectivity index (χ1) is 17.9. The summed E-state index contributed by atoms with van der Waals surface area (Å²) in [5, 5.41) is 0.751. The predicted octanol–water partition coefficient (Wildman–Crippen LogP) is 5.28. The van der Waals surface area contributed by atoms with Crippen LogP contribution in [0, 0.1) is 0 Å². The van der Waals surface area contributed by atoms with Crippen LogP contribution in [0.1, 0.15) is 24.2 Å². The van der Waals surface area contributed by atoms with E-state index in [4.69, 9.17) is 4.42 Å². The molecule has 0 atom stereocenters. The summed E-state index contributed by atoms with van der Waals surface area (Å²) < 4.78 is 65.4. The maximum absolute atomic E-state index is 14.0. The lowest BCUT2D eigenvalue weighted by molar-refractivity contribution is -0.0508. The van der Waals surface area contributed by atoms with Gasteiger partial charge in [-0.05, 0) is 43.2 Å². The average molecular weight is 528 g/mol. The first kappa shape index (κ1) is 25.3. The molecule has 0 saturated carbocycles. The highest BCUT2D eigenvalue weighted by atomic mass is 32.2. The largest absolute Gasteiger partial charge is 0.468 e. The molecule has 2 aromatic carbocycles. The number of sulfonamides is 1. The molecule has 0 radical (unpaired) electrons. The van der Waals surface area contributed by atoms with Gasteiger partial charge in [-0.15, -0.1) is 0 Å². The third kappa shape index (κ3) is 5.66. The van der Waals surface area contributed by atoms with Crippen LogP contribution < -0.4 is 4.74 Å². The summed E-state index contributed by atoms with van der Waals surface area (Å²) in [6.45, 7) is -1.14. The first-order valence-electron chi connectivity index (χ1n) is 12.0. The highest BCUT2D eigenvalue weighted by Crippen LogP contribution is 2.31. The standard InChI is InChI=1S/C27H27F2N3O4S/c28-27(29)36-24-10-2-1-6-21(24)18-31-15-12-22(13-16-31)32(19-23-9-5-17-35-23)37(33,34)25-11-3-7-20-8-4-14-30-26(20)25/h1-11,14,17,22,27H,12-13,15-16,18-19H2. The van der Waals surface area contributed by atoms with E-state index in [1.165, 1.54) is 16.6 Å². The van der Waals surface area contributed by atoms with Gasteiger partial charge in [0, 0.05) is 42.8 Å². The molecule has 1 aliphatic heterocycles. The number of ether oxygens (including phenoxy) is 1. The number of para-hydroxylation sites is 2. The summed E-state index contributed by atoms with van der Waals surface area (Å²) in [4.78, 5) is 6.65. The number of alkyl halides is 2. The summed E-state index contributed by atoms with van der Waals surface area (Å²) >= 11 is 0. The van der Waals surface area contributed by atoms with Crippen LogP contribution >= 0.6 is 0 Å². The third-order valence-electron chi connectivity index (χ3n) is 6.62. The Bertz CT molecular complexity index is 1430. The van der Waals surface area contributed by atoms with E-state index < -0.39 is 16.6 Å². The molecule has 1 fully saturated rings. The molecule has 1 aliphatic rings. The van der Waals surface area contributed by atoms with Crippen LogP contribution in [-0.4, -0.2) is 48.3 Å². The lowest BCUT2D eigenvalue weighted by Crippen LogP contribution is -2.46. The van der Waals surface area contributed by atoms with E-state index in [-0.39, 0.29) is 23.2 Å². The molecule has 0 amide bonds. The van der Waals surface area contributed by atoms with Crippen molar-refractivity contribution < 1.29 is 26.4 Å². The molecule has 37 heavy (non-hydrogen) atoms. The monoisotopic (exact) mass is 527 g/mol. The van der Waals surface area contributed by atoms with Gasteiger partial charge in [0.2, 0.25) is 10.0 Å². The van der Waals surface area contributed by atoms with E-state index in [0.717, 1.165) is 5.39 Å². The number of aromatic nitrogens is 1. The maximum Gasteiger partial charge on any atom is 0.387 e. The Morgan fingerprint density at radius 3 is 2.57 bits per heavy atom. The topological polar surface area (TPSA) is 75.9 Å². The van der Waals surface area contributed by atoms with Crippen LogP contribution in [0.25, 0.3) is 10.9 Å². The molecule has 0 unspecified atom stereocenters. The zero-order valence-corrected chi connectivity index (χ0v) is 20.9. The SMILES string of the molecule is O=S(=O)(c1cccc2cccnc12)N(Cc1ccco1)C1CCN(Cc2ccccc2OC(F)F)CC1. The van der Waals surface area contributed by atoms with Crippen LogP contribution in [0.2, 0.25) is 0 Å². The molecular weight excluding hydrogens is 500 g/mol. The van der Waals surface area contributed by atoms with E-state index in [2.05, 4.69) is 14.6 Å². The van der Waals surface area contributed by atoms with Crippen LogP contribution in [0.4, 0.5) is 8.78 Å². The fraction of sp³-hybridized carbons (Fsp3) is 0.296. The number of hydrogen-bond donors (Lipinski definition) is 0. The van der Waals surface area contributed by atoms with Crippen molar-refractivity contribution >= 4 is 20.9 Å². The van der Waals surface area contributed by atoms with Gasteiger partial charge in [0.25, 0.3) is 0 Å². The van der Waals surface area contributed by atoms with Gasteiger partial charge < -0.3 is 9.15 Å². The number of nitrogens with zero attached hydrogens (tertiary/aromatic N) is 3. The number of fused-ring (bicyclic) bond motifs is 1. The third-order valence-corrected chi connectivity index (χ3v) is 8.55. The van der Waals surface area contributed by atoms with Gasteiger partial charge in [0.05, 0.1) is 18.3 Å². The van der Waals surface area contributed by atoms with Crippen LogP contribution in [0.15, 0.2) is 88.5 Å². The smallest absolute Gasteiger partial charge is 0.387 e. The number of hydrogen-bond acceptors (Lipinski definition) is 6. The minimum absolute atomic E-state index is 0.105. The van der Waals surface area contributed by atoms with E-state index in [1.807, 2.05) is 12.1 Å². The minimum atomic E-state index is -3.91. The van der Waals surface area contributed by atoms with Gasteiger partial charge in [0.15, 0.2) is 0 Å². The zero-order chi connectivity index (χ0) is 25.8. The summed E-state index contributed by atoms with van der Waals surface area (Å²) in [6, 6.07) is 18.8. The molecular formula is C27H27F2N3O4S. The van der Waals surface area contributed by atoms with E-state index in [9.17, 15) is 17.2 Å². The molecule has 7 nitrogen and oxygen atoms in total. The fourth-order valence-electron chi connectivity index (χ4n) is 4.83. The van der Waals surface area contributed by atoms with Crippen molar-refractivity contribution in [2.45, 2.75) is 43.5 Å². The molecule has 5 rings (SSSR count). The second kappa shape index (κ2) is 11.0. The number of piperidine rings is 1. The molecule has 2 aromatic heterocycles. The van der Waals surface area contributed by atoms with E-state index >= 15 is 0 Å². The van der Waals surface area contributed by atoms with E-state index in [1.54, 1.807) is 54.7 Å². The van der Waals surface area contributed by atoms with E-state index in [0.29, 0.717) is 49.3 Å². The van der Waals surface area contributed by atoms with Gasteiger partial charge in [-0.25, -0.2) is 8.42 Å². The summed E-state index contributed by atoms with van der Waals surface area (Å²) in [5.41, 5.74) is 1.10. The quantitative estimate of drug-likeness (QED) is 0.295. The Kier molecular flexibility index (Phi) is 7.50. The number of pyridine rings is 1. The first-order valence-corrected chi connectivity index (χ1v) is 13.5. The molecule has 10 heteroatoms. The number of likely N-dealkylation sites (tertiary alicyclic amines) is 1. The highest BCUT2D eigenvalue weighted by molar-refractivity contribution is 7.89. The molecule has 0 spiro atoms. The van der Waals surface area contributed by atoms with Gasteiger partial charge in [-0.3, -0.25) is 9.88 Å². The van der Waals surface area contributed by atoms with Crippen LogP contribution in [0.5, 0.6) is 5.75 Å². The van der Waals surface area contributed by atoms with Gasteiger partial charge >= 0.3 is 6.61 Å². The lowest BCUT2D eigenvalue weighted by atomic mass is 10.0. The summed E-state index contributed by atoms with van der Waals surface area (Å²) in [6.07, 6.45) is 4.28. The zero-order valence-electron chi connectivity index (χ0n) is 20.0. The summed E-state index contributed by atoms with van der Waals surface area (Å²) in [7, 11) is -3.91. The Hall–Kier alpha value is -3.34. The molecule has 1 saturated heterocycles. The molecule has 0 bridgehead atoms. The summed E-state index contributed by atoms with van der Waals surface area (Å²) in [5.74, 6) is 0.711. The van der Waals surface area contributed by atoms with Crippen molar-refractivity contribution in [3.8, 4) is 5.75 Å². The minimum Gasteiger partial charge on any atom is -0.468 e. The number of benzene rings is 2. The Balaban J connectivity index is 1.37. The van der Waals surface area contributed by atoms with Gasteiger partial charge in [0.1, 0.15) is 16.4 Å². The Labute approximate surface area is 214 Å². The lowest BCUT2D eigenvalue weighted by Gasteiger charge is -2.37. The predicted molar refractivity (Wildman–Crippen MR) is 135 cm³/mol. The molecule has 194 valence electrons. The Morgan fingerprint density at radius 1 is 1.03 bits per heavy atom. The normalized spacial score (nSPS) is 15.6. The number of halogens is 2. The van der Waals surface area contributed by atoms with Crippen molar-refractivity contribution in [3.05, 3.63) is 90.5 Å². The van der Waals surface area contributed by atoms with Crippen molar-refractivity contribution in [2.75, 3.05) is 13.1 Å². The van der Waals surface area contributed by atoms with Gasteiger partial charge in [-0.2, -0.15) is 13.1 Å². The number of furan rings is 1. The van der Waals surface area contributed by atoms with Crippen molar-refractivity contribution in [1.29, 1.82) is 0 Å². The second-order valence-corrected chi connectivity index (χ2v) is 10.8. The van der Waals surface area contributed by atoms with Crippen molar-refractivity contribution in [3.63, 3.8) is 0 Å². The van der Waals surface area contributed by atoms with Crippen LogP contribution in [-0.2, 0) is 23.1 Å². The van der Waals surface area contributed by atoms with Gasteiger partial charge in [-0.1, -0.05) is 36.4 Å². The van der Waals surface area contributed by atoms with Crippen LogP contribution in [0.3, 0.4) is 0 Å².